The second kappa shape index (κ2) is 9.58. The number of hydrogen-bond acceptors (Lipinski definition) is 5. The number of nitrogens with zero attached hydrogens (tertiary/aromatic N) is 1. The van der Waals surface area contributed by atoms with Gasteiger partial charge >= 0.3 is 5.97 Å². The molecule has 1 aromatic heterocycles. The van der Waals surface area contributed by atoms with Gasteiger partial charge < -0.3 is 20.4 Å². The number of esters is 1. The first-order valence-corrected chi connectivity index (χ1v) is 10.7. The zero-order valence-electron chi connectivity index (χ0n) is 19.0. The Hall–Kier alpha value is -4.46. The Balaban J connectivity index is 1.41. The van der Waals surface area contributed by atoms with Gasteiger partial charge in [-0.05, 0) is 56.3 Å². The number of carbonyl (C=O) groups is 3. The van der Waals surface area contributed by atoms with Crippen molar-refractivity contribution in [2.75, 3.05) is 10.6 Å². The number of anilines is 2. The van der Waals surface area contributed by atoms with Gasteiger partial charge in [0.1, 0.15) is 5.82 Å². The maximum absolute atomic E-state index is 12.6. The molecule has 0 spiro atoms. The monoisotopic (exact) mass is 456 g/mol. The number of carbonyl (C=O) groups excluding carboxylic acids is 3. The van der Waals surface area contributed by atoms with Crippen molar-refractivity contribution in [2.45, 2.75) is 26.9 Å². The molecule has 0 aliphatic rings. The molecule has 4 rings (SSSR count). The number of aryl methyl sites for hydroxylation is 1. The number of imidazole rings is 1. The van der Waals surface area contributed by atoms with Crippen LogP contribution in [0.1, 0.15) is 29.8 Å². The number of amides is 2. The molecule has 1 atom stereocenters. The highest BCUT2D eigenvalue weighted by atomic mass is 16.5. The van der Waals surface area contributed by atoms with Gasteiger partial charge in [0.2, 0.25) is 5.91 Å². The van der Waals surface area contributed by atoms with Crippen LogP contribution in [0.4, 0.5) is 11.4 Å². The first-order valence-electron chi connectivity index (χ1n) is 10.7. The van der Waals surface area contributed by atoms with Crippen LogP contribution in [0.2, 0.25) is 0 Å². The SMILES string of the molecule is CC(=O)Nc1ccc(NC(=O)C(C)OC(=O)c2ccc3nc(-c4ccc(C)cc4)[nH]c3c2)cc1. The third-order valence-corrected chi connectivity index (χ3v) is 5.17. The fraction of sp³-hybridized carbons (Fsp3) is 0.154. The topological polar surface area (TPSA) is 113 Å². The molecule has 0 fully saturated rings. The molecule has 1 unspecified atom stereocenters. The van der Waals surface area contributed by atoms with Gasteiger partial charge in [-0.3, -0.25) is 9.59 Å². The van der Waals surface area contributed by atoms with E-state index in [1.165, 1.54) is 13.8 Å². The van der Waals surface area contributed by atoms with Gasteiger partial charge in [0.25, 0.3) is 5.91 Å². The summed E-state index contributed by atoms with van der Waals surface area (Å²) in [6.45, 7) is 4.94. The highest BCUT2D eigenvalue weighted by molar-refractivity contribution is 5.99. The zero-order chi connectivity index (χ0) is 24.2. The Morgan fingerprint density at radius 1 is 0.912 bits per heavy atom. The van der Waals surface area contributed by atoms with Crippen LogP contribution in [-0.4, -0.2) is 33.9 Å². The van der Waals surface area contributed by atoms with Crippen LogP contribution in [-0.2, 0) is 14.3 Å². The van der Waals surface area contributed by atoms with Gasteiger partial charge in [0, 0.05) is 23.9 Å². The first kappa shape index (κ1) is 22.7. The second-order valence-electron chi connectivity index (χ2n) is 7.98. The molecule has 8 nitrogen and oxygen atoms in total. The number of rotatable bonds is 6. The Morgan fingerprint density at radius 3 is 2.21 bits per heavy atom. The summed E-state index contributed by atoms with van der Waals surface area (Å²) in [6, 6.07) is 19.6. The fourth-order valence-corrected chi connectivity index (χ4v) is 3.35. The van der Waals surface area contributed by atoms with E-state index in [9.17, 15) is 14.4 Å². The predicted molar refractivity (Wildman–Crippen MR) is 131 cm³/mol. The lowest BCUT2D eigenvalue weighted by Gasteiger charge is -2.14. The van der Waals surface area contributed by atoms with Crippen molar-refractivity contribution in [3.63, 3.8) is 0 Å². The minimum Gasteiger partial charge on any atom is -0.449 e. The number of nitrogens with one attached hydrogen (secondary N) is 3. The lowest BCUT2D eigenvalue weighted by Crippen LogP contribution is -2.30. The molecule has 34 heavy (non-hydrogen) atoms. The van der Waals surface area contributed by atoms with E-state index in [1.54, 1.807) is 42.5 Å². The maximum atomic E-state index is 12.6. The van der Waals surface area contributed by atoms with E-state index < -0.39 is 18.0 Å². The Bertz CT molecular complexity index is 1360. The summed E-state index contributed by atoms with van der Waals surface area (Å²) in [5, 5.41) is 5.34. The summed E-state index contributed by atoms with van der Waals surface area (Å²) < 4.78 is 5.36. The highest BCUT2D eigenvalue weighted by Crippen LogP contribution is 2.22. The summed E-state index contributed by atoms with van der Waals surface area (Å²) in [5.74, 6) is -0.559. The van der Waals surface area contributed by atoms with E-state index in [-0.39, 0.29) is 5.91 Å². The molecule has 0 saturated carbocycles. The van der Waals surface area contributed by atoms with Gasteiger partial charge in [-0.15, -0.1) is 0 Å². The van der Waals surface area contributed by atoms with Gasteiger partial charge in [0.15, 0.2) is 6.10 Å². The number of aromatic amines is 1. The number of aromatic nitrogens is 2. The number of hydrogen-bond donors (Lipinski definition) is 3. The summed E-state index contributed by atoms with van der Waals surface area (Å²) in [4.78, 5) is 44.0. The number of fused-ring (bicyclic) bond motifs is 1. The van der Waals surface area contributed by atoms with E-state index >= 15 is 0 Å². The molecule has 172 valence electrons. The lowest BCUT2D eigenvalue weighted by atomic mass is 10.1. The van der Waals surface area contributed by atoms with Crippen molar-refractivity contribution < 1.29 is 19.1 Å². The van der Waals surface area contributed by atoms with Crippen molar-refractivity contribution in [1.82, 2.24) is 9.97 Å². The third kappa shape index (κ3) is 5.29. The molecule has 3 N–H and O–H groups in total. The summed E-state index contributed by atoms with van der Waals surface area (Å²) in [7, 11) is 0. The van der Waals surface area contributed by atoms with Gasteiger partial charge in [-0.1, -0.05) is 29.8 Å². The van der Waals surface area contributed by atoms with Crippen LogP contribution < -0.4 is 10.6 Å². The quantitative estimate of drug-likeness (QED) is 0.365. The Morgan fingerprint density at radius 2 is 1.56 bits per heavy atom. The van der Waals surface area contributed by atoms with E-state index in [4.69, 9.17) is 4.74 Å². The average Bonchev–Trinajstić information content (AvgIpc) is 3.23. The minimum absolute atomic E-state index is 0.183. The van der Waals surface area contributed by atoms with Crippen molar-refractivity contribution in [3.8, 4) is 11.4 Å². The van der Waals surface area contributed by atoms with Gasteiger partial charge in [0.05, 0.1) is 16.6 Å². The van der Waals surface area contributed by atoms with E-state index in [2.05, 4.69) is 20.6 Å². The van der Waals surface area contributed by atoms with E-state index in [1.807, 2.05) is 31.2 Å². The van der Waals surface area contributed by atoms with E-state index in [0.717, 1.165) is 16.6 Å². The van der Waals surface area contributed by atoms with Gasteiger partial charge in [-0.2, -0.15) is 0 Å². The van der Waals surface area contributed by atoms with Crippen LogP contribution >= 0.6 is 0 Å². The summed E-state index contributed by atoms with van der Waals surface area (Å²) >= 11 is 0. The molecule has 1 heterocycles. The van der Waals surface area contributed by atoms with Crippen molar-refractivity contribution in [1.29, 1.82) is 0 Å². The van der Waals surface area contributed by atoms with Crippen LogP contribution in [0.15, 0.2) is 66.7 Å². The third-order valence-electron chi connectivity index (χ3n) is 5.17. The van der Waals surface area contributed by atoms with Crippen molar-refractivity contribution in [2.24, 2.45) is 0 Å². The molecular weight excluding hydrogens is 432 g/mol. The van der Waals surface area contributed by atoms with Gasteiger partial charge in [-0.25, -0.2) is 9.78 Å². The van der Waals surface area contributed by atoms with E-state index in [0.29, 0.717) is 28.3 Å². The second-order valence-corrected chi connectivity index (χ2v) is 7.98. The predicted octanol–water partition coefficient (Wildman–Crippen LogP) is 4.68. The minimum atomic E-state index is -1.01. The van der Waals surface area contributed by atoms with Crippen LogP contribution in [0.25, 0.3) is 22.4 Å². The highest BCUT2D eigenvalue weighted by Gasteiger charge is 2.20. The fourth-order valence-electron chi connectivity index (χ4n) is 3.35. The van der Waals surface area contributed by atoms with Crippen LogP contribution in [0.3, 0.4) is 0 Å². The first-order chi connectivity index (χ1) is 16.3. The summed E-state index contributed by atoms with van der Waals surface area (Å²) in [6.07, 6.45) is -1.01. The Labute approximate surface area is 196 Å². The number of benzene rings is 3. The molecular formula is C26H24N4O4. The molecule has 0 aliphatic carbocycles. The smallest absolute Gasteiger partial charge is 0.338 e. The average molecular weight is 457 g/mol. The number of H-pyrrole nitrogens is 1. The summed E-state index contributed by atoms with van der Waals surface area (Å²) in [5.41, 5.74) is 4.97. The number of ether oxygens (including phenoxy) is 1. The molecule has 0 saturated heterocycles. The van der Waals surface area contributed by atoms with Crippen LogP contribution in [0, 0.1) is 6.92 Å². The van der Waals surface area contributed by atoms with Crippen molar-refractivity contribution in [3.05, 3.63) is 77.9 Å². The van der Waals surface area contributed by atoms with Crippen molar-refractivity contribution >= 4 is 40.2 Å². The molecule has 3 aromatic carbocycles. The molecule has 0 bridgehead atoms. The zero-order valence-corrected chi connectivity index (χ0v) is 19.0. The van der Waals surface area contributed by atoms with Crippen LogP contribution in [0.5, 0.6) is 0 Å². The molecule has 8 heteroatoms. The Kier molecular flexibility index (Phi) is 6.40. The molecule has 0 radical (unpaired) electrons. The lowest BCUT2D eigenvalue weighted by molar-refractivity contribution is -0.123. The molecule has 2 amide bonds. The standard InChI is InChI=1S/C26H24N4O4/c1-15-4-6-18(7-5-15)24-29-22-13-8-19(14-23(22)30-24)26(33)34-16(2)25(32)28-21-11-9-20(10-12-21)27-17(3)31/h4-14,16H,1-3H3,(H,27,31)(H,28,32)(H,29,30). The maximum Gasteiger partial charge on any atom is 0.338 e. The normalized spacial score (nSPS) is 11.6. The molecule has 0 aliphatic heterocycles. The molecule has 4 aromatic rings. The largest absolute Gasteiger partial charge is 0.449 e.